The second kappa shape index (κ2) is 10.4. The Bertz CT molecular complexity index is 1160. The minimum Gasteiger partial charge on any atom is -0.480 e. The molecular formula is C24H21Cl2N3O3S. The minimum absolute atomic E-state index is 0.157. The lowest BCUT2D eigenvalue weighted by molar-refractivity contribution is -0.135. The molecule has 1 heterocycles. The maximum atomic E-state index is 12.7. The number of benzene rings is 3. The first kappa shape index (κ1) is 23.3. The van der Waals surface area contributed by atoms with E-state index in [4.69, 9.17) is 23.2 Å². The second-order valence-electron chi connectivity index (χ2n) is 7.49. The van der Waals surface area contributed by atoms with E-state index in [-0.39, 0.29) is 12.6 Å². The van der Waals surface area contributed by atoms with Crippen LogP contribution >= 0.6 is 35.1 Å². The first-order valence-corrected chi connectivity index (χ1v) is 11.8. The van der Waals surface area contributed by atoms with E-state index in [0.717, 1.165) is 27.4 Å². The molecule has 1 aliphatic rings. The number of anilines is 2. The van der Waals surface area contributed by atoms with E-state index in [1.54, 1.807) is 27.4 Å². The van der Waals surface area contributed by atoms with Gasteiger partial charge in [-0.2, -0.15) is 0 Å². The highest BCUT2D eigenvalue weighted by molar-refractivity contribution is 8.00. The molecule has 0 saturated heterocycles. The van der Waals surface area contributed by atoms with Crippen LogP contribution < -0.4 is 14.5 Å². The van der Waals surface area contributed by atoms with Crippen molar-refractivity contribution in [3.63, 3.8) is 0 Å². The molecule has 33 heavy (non-hydrogen) atoms. The maximum Gasteiger partial charge on any atom is 0.324 e. The normalized spacial score (nSPS) is 12.4. The van der Waals surface area contributed by atoms with Crippen LogP contribution in [0, 0.1) is 0 Å². The van der Waals surface area contributed by atoms with Gasteiger partial charge in [0.1, 0.15) is 6.54 Å². The van der Waals surface area contributed by atoms with Crippen LogP contribution in [0.1, 0.15) is 11.1 Å². The van der Waals surface area contributed by atoms with Crippen LogP contribution in [-0.2, 0) is 17.8 Å². The van der Waals surface area contributed by atoms with Gasteiger partial charge in [0.2, 0.25) is 0 Å². The van der Waals surface area contributed by atoms with Crippen molar-refractivity contribution in [2.75, 3.05) is 22.3 Å². The third-order valence-electron chi connectivity index (χ3n) is 5.11. The van der Waals surface area contributed by atoms with E-state index >= 15 is 0 Å². The summed E-state index contributed by atoms with van der Waals surface area (Å²) in [5.74, 6) is -0.960. The molecule has 9 heteroatoms. The van der Waals surface area contributed by atoms with Crippen LogP contribution in [0.4, 0.5) is 16.2 Å². The van der Waals surface area contributed by atoms with Crippen molar-refractivity contribution in [3.05, 3.63) is 87.9 Å². The average molecular weight is 502 g/mol. The monoisotopic (exact) mass is 501 g/mol. The predicted octanol–water partition coefficient (Wildman–Crippen LogP) is 5.86. The third kappa shape index (κ3) is 5.93. The smallest absolute Gasteiger partial charge is 0.324 e. The molecule has 3 aromatic carbocycles. The van der Waals surface area contributed by atoms with E-state index in [9.17, 15) is 14.7 Å². The summed E-state index contributed by atoms with van der Waals surface area (Å²) in [6.07, 6.45) is 0.691. The van der Waals surface area contributed by atoms with Crippen molar-refractivity contribution < 1.29 is 14.7 Å². The predicted molar refractivity (Wildman–Crippen MR) is 133 cm³/mol. The van der Waals surface area contributed by atoms with Gasteiger partial charge < -0.3 is 14.7 Å². The van der Waals surface area contributed by atoms with Gasteiger partial charge >= 0.3 is 12.0 Å². The Morgan fingerprint density at radius 1 is 1.03 bits per heavy atom. The molecule has 0 atom stereocenters. The number of carboxylic acid groups (broad SMARTS) is 1. The zero-order chi connectivity index (χ0) is 23.4. The summed E-state index contributed by atoms with van der Waals surface area (Å²) >= 11 is 13.4. The van der Waals surface area contributed by atoms with Crippen LogP contribution in [0.15, 0.2) is 71.6 Å². The molecule has 1 aliphatic heterocycles. The fourth-order valence-electron chi connectivity index (χ4n) is 3.63. The maximum absolute atomic E-state index is 12.7. The number of hydrogen-bond donors (Lipinski definition) is 2. The Labute approximate surface area is 206 Å². The van der Waals surface area contributed by atoms with Crippen LogP contribution in [0.25, 0.3) is 0 Å². The van der Waals surface area contributed by atoms with Gasteiger partial charge in [-0.15, -0.1) is 0 Å². The van der Waals surface area contributed by atoms with Gasteiger partial charge in [0.25, 0.3) is 0 Å². The molecule has 6 nitrogen and oxygen atoms in total. The molecule has 0 radical (unpaired) electrons. The molecule has 4 rings (SSSR count). The molecule has 3 aromatic rings. The lowest BCUT2D eigenvalue weighted by atomic mass is 10.1. The molecule has 170 valence electrons. The van der Waals surface area contributed by atoms with Crippen LogP contribution in [-0.4, -0.2) is 30.2 Å². The number of fused-ring (bicyclic) bond motifs is 1. The summed E-state index contributed by atoms with van der Waals surface area (Å²) in [4.78, 5) is 26.7. The molecule has 0 unspecified atom stereocenters. The molecule has 0 fully saturated rings. The largest absolute Gasteiger partial charge is 0.480 e. The quantitative estimate of drug-likeness (QED) is 0.396. The van der Waals surface area contributed by atoms with Gasteiger partial charge in [0, 0.05) is 39.4 Å². The third-order valence-corrected chi connectivity index (χ3v) is 6.55. The lowest BCUT2D eigenvalue weighted by Crippen LogP contribution is -2.38. The Morgan fingerprint density at radius 3 is 2.45 bits per heavy atom. The van der Waals surface area contributed by atoms with E-state index in [2.05, 4.69) is 5.32 Å². The first-order valence-electron chi connectivity index (χ1n) is 10.2. The SMILES string of the molecule is O=C(O)CN(Sc1cc(Cl)cc(Cl)c1)c1ccc2c(c1)CCN2C(=O)NCc1ccccc1. The van der Waals surface area contributed by atoms with E-state index in [0.29, 0.717) is 29.6 Å². The van der Waals surface area contributed by atoms with Crippen LogP contribution in [0.5, 0.6) is 0 Å². The minimum atomic E-state index is -0.960. The van der Waals surface area contributed by atoms with Crippen LogP contribution in [0.3, 0.4) is 0 Å². The fourth-order valence-corrected chi connectivity index (χ4v) is 5.29. The number of aliphatic carboxylic acids is 1. The van der Waals surface area contributed by atoms with Gasteiger partial charge in [-0.3, -0.25) is 9.69 Å². The highest BCUT2D eigenvalue weighted by atomic mass is 35.5. The number of halogens is 2. The Kier molecular flexibility index (Phi) is 7.33. The topological polar surface area (TPSA) is 72.9 Å². The number of hydrogen-bond acceptors (Lipinski definition) is 4. The Balaban J connectivity index is 1.50. The molecule has 0 aromatic heterocycles. The Morgan fingerprint density at radius 2 is 1.76 bits per heavy atom. The number of nitrogens with one attached hydrogen (secondary N) is 1. The zero-order valence-electron chi connectivity index (χ0n) is 17.5. The van der Waals surface area contributed by atoms with Gasteiger partial charge in [-0.25, -0.2) is 4.79 Å². The van der Waals surface area contributed by atoms with E-state index in [1.807, 2.05) is 48.5 Å². The van der Waals surface area contributed by atoms with Gasteiger partial charge in [0.15, 0.2) is 0 Å². The highest BCUT2D eigenvalue weighted by Gasteiger charge is 2.26. The number of carbonyl (C=O) groups excluding carboxylic acids is 1. The van der Waals surface area contributed by atoms with E-state index < -0.39 is 5.97 Å². The summed E-state index contributed by atoms with van der Waals surface area (Å²) in [6.45, 7) is 0.805. The van der Waals surface area contributed by atoms with Crippen molar-refractivity contribution in [1.29, 1.82) is 0 Å². The summed E-state index contributed by atoms with van der Waals surface area (Å²) in [7, 11) is 0. The fraction of sp³-hybridized carbons (Fsp3) is 0.167. The molecule has 2 amide bonds. The van der Waals surface area contributed by atoms with Gasteiger partial charge in [-0.1, -0.05) is 53.5 Å². The zero-order valence-corrected chi connectivity index (χ0v) is 19.8. The number of nitrogens with zero attached hydrogens (tertiary/aromatic N) is 2. The van der Waals surface area contributed by atoms with Gasteiger partial charge in [-0.05, 0) is 65.9 Å². The number of rotatable bonds is 7. The number of carboxylic acids is 1. The molecule has 0 saturated carbocycles. The first-order chi connectivity index (χ1) is 15.9. The number of amides is 2. The summed E-state index contributed by atoms with van der Waals surface area (Å²) in [6, 6.07) is 20.3. The summed E-state index contributed by atoms with van der Waals surface area (Å²) < 4.78 is 1.67. The van der Waals surface area contributed by atoms with Gasteiger partial charge in [0.05, 0.1) is 0 Å². The molecule has 0 bridgehead atoms. The lowest BCUT2D eigenvalue weighted by Gasteiger charge is -2.23. The molecule has 2 N–H and O–H groups in total. The van der Waals surface area contributed by atoms with Crippen LogP contribution in [0.2, 0.25) is 10.0 Å². The highest BCUT2D eigenvalue weighted by Crippen LogP contribution is 2.36. The van der Waals surface area contributed by atoms with Crippen molar-refractivity contribution >= 4 is 58.5 Å². The molecule has 0 spiro atoms. The standard InChI is InChI=1S/C24H21Cl2N3O3S/c25-18-11-19(26)13-21(12-18)33-29(15-23(30)31)20-6-7-22-17(10-20)8-9-28(22)24(32)27-14-16-4-2-1-3-5-16/h1-7,10-13H,8-9,14-15H2,(H,27,32)(H,30,31). The average Bonchev–Trinajstić information content (AvgIpc) is 3.20. The molecule has 0 aliphatic carbocycles. The van der Waals surface area contributed by atoms with Crippen molar-refractivity contribution in [3.8, 4) is 0 Å². The molecular weight excluding hydrogens is 481 g/mol. The van der Waals surface area contributed by atoms with E-state index in [1.165, 1.54) is 11.9 Å². The second-order valence-corrected chi connectivity index (χ2v) is 9.45. The summed E-state index contributed by atoms with van der Waals surface area (Å²) in [5.41, 5.74) is 3.57. The van der Waals surface area contributed by atoms with Crippen molar-refractivity contribution in [2.45, 2.75) is 17.9 Å². The van der Waals surface area contributed by atoms with Crippen molar-refractivity contribution in [1.82, 2.24) is 5.32 Å². The summed E-state index contributed by atoms with van der Waals surface area (Å²) in [5, 5.41) is 13.3. The Hall–Kier alpha value is -2.87. The van der Waals surface area contributed by atoms with Crippen molar-refractivity contribution in [2.24, 2.45) is 0 Å². The number of urea groups is 1. The number of carbonyl (C=O) groups is 2.